The van der Waals surface area contributed by atoms with Gasteiger partial charge in [-0.2, -0.15) is 0 Å². The van der Waals surface area contributed by atoms with Crippen LogP contribution in [0.15, 0.2) is 6.33 Å². The summed E-state index contributed by atoms with van der Waals surface area (Å²) < 4.78 is 5.66. The Morgan fingerprint density at radius 1 is 1.35 bits per heavy atom. The lowest BCUT2D eigenvalue weighted by molar-refractivity contribution is 0.270. The summed E-state index contributed by atoms with van der Waals surface area (Å²) in [6, 6.07) is 0. The Morgan fingerprint density at radius 3 is 2.76 bits per heavy atom. The molecule has 0 radical (unpaired) electrons. The van der Waals surface area contributed by atoms with Crippen molar-refractivity contribution in [3.63, 3.8) is 0 Å². The van der Waals surface area contributed by atoms with Gasteiger partial charge in [-0.1, -0.05) is 13.3 Å². The van der Waals surface area contributed by atoms with Crippen molar-refractivity contribution in [2.45, 2.75) is 26.2 Å². The van der Waals surface area contributed by atoms with Crippen molar-refractivity contribution in [1.29, 1.82) is 0 Å². The normalized spacial score (nSPS) is 10.8. The molecule has 0 aliphatic carbocycles. The van der Waals surface area contributed by atoms with Crippen LogP contribution in [0, 0.1) is 0 Å². The molecule has 0 fully saturated rings. The zero-order valence-electron chi connectivity index (χ0n) is 10.9. The molecule has 0 saturated carbocycles. The largest absolute Gasteiger partial charge is 0.477 e. The van der Waals surface area contributed by atoms with Crippen molar-refractivity contribution < 1.29 is 4.74 Å². The van der Waals surface area contributed by atoms with Gasteiger partial charge in [-0.15, -0.1) is 0 Å². The highest BCUT2D eigenvalue weighted by Gasteiger charge is 2.09. The van der Waals surface area contributed by atoms with Crippen molar-refractivity contribution in [2.24, 2.45) is 0 Å². The van der Waals surface area contributed by atoms with Gasteiger partial charge in [0.2, 0.25) is 5.88 Å². The van der Waals surface area contributed by atoms with E-state index in [2.05, 4.69) is 21.8 Å². The molecule has 1 aromatic rings. The minimum absolute atomic E-state index is 0.532. The average molecular weight is 238 g/mol. The van der Waals surface area contributed by atoms with Crippen LogP contribution in [-0.4, -0.2) is 42.1 Å². The number of hydrogen-bond donors (Lipinski definition) is 1. The molecule has 0 atom stereocenters. The van der Waals surface area contributed by atoms with Crippen molar-refractivity contribution >= 4 is 5.82 Å². The molecule has 0 spiro atoms. The third-order valence-electron chi connectivity index (χ3n) is 2.43. The van der Waals surface area contributed by atoms with Crippen LogP contribution in [0.1, 0.15) is 25.3 Å². The number of anilines is 1. The lowest BCUT2D eigenvalue weighted by atomic mass is 10.2. The lowest BCUT2D eigenvalue weighted by Crippen LogP contribution is -2.16. The molecule has 2 N–H and O–H groups in total. The molecule has 5 heteroatoms. The summed E-state index contributed by atoms with van der Waals surface area (Å²) in [5.74, 6) is 1.17. The van der Waals surface area contributed by atoms with Gasteiger partial charge in [0.05, 0.1) is 12.2 Å². The van der Waals surface area contributed by atoms with Crippen LogP contribution >= 0.6 is 0 Å². The lowest BCUT2D eigenvalue weighted by Gasteiger charge is -2.12. The molecule has 1 rings (SSSR count). The zero-order chi connectivity index (χ0) is 12.7. The summed E-state index contributed by atoms with van der Waals surface area (Å²) >= 11 is 0. The molecule has 0 aliphatic rings. The number of hydrogen-bond acceptors (Lipinski definition) is 5. The molecular weight excluding hydrogens is 216 g/mol. The smallest absolute Gasteiger partial charge is 0.221 e. The van der Waals surface area contributed by atoms with Crippen molar-refractivity contribution in [1.82, 2.24) is 14.9 Å². The van der Waals surface area contributed by atoms with E-state index in [1.807, 2.05) is 14.1 Å². The van der Waals surface area contributed by atoms with E-state index in [1.54, 1.807) is 0 Å². The molecule has 0 bridgehead atoms. The minimum atomic E-state index is 0.532. The van der Waals surface area contributed by atoms with Gasteiger partial charge in [-0.05, 0) is 26.9 Å². The maximum Gasteiger partial charge on any atom is 0.221 e. The van der Waals surface area contributed by atoms with Gasteiger partial charge in [0, 0.05) is 6.54 Å². The van der Waals surface area contributed by atoms with Gasteiger partial charge in [0.1, 0.15) is 12.1 Å². The second-order valence-corrected chi connectivity index (χ2v) is 4.30. The Labute approximate surface area is 103 Å². The Bertz CT molecular complexity index is 341. The number of rotatable bonds is 7. The fourth-order valence-electron chi connectivity index (χ4n) is 1.57. The first-order chi connectivity index (χ1) is 8.15. The van der Waals surface area contributed by atoms with Crippen LogP contribution in [0.25, 0.3) is 0 Å². The monoisotopic (exact) mass is 238 g/mol. The number of ether oxygens (including phenoxy) is 1. The Kier molecular flexibility index (Phi) is 5.69. The van der Waals surface area contributed by atoms with Gasteiger partial charge in [0.15, 0.2) is 0 Å². The van der Waals surface area contributed by atoms with Crippen LogP contribution in [0.5, 0.6) is 5.88 Å². The van der Waals surface area contributed by atoms with Gasteiger partial charge in [0.25, 0.3) is 0 Å². The summed E-state index contributed by atoms with van der Waals surface area (Å²) in [5, 5.41) is 0. The van der Waals surface area contributed by atoms with E-state index in [4.69, 9.17) is 10.5 Å². The predicted octanol–water partition coefficient (Wildman–Crippen LogP) is 1.34. The highest BCUT2D eigenvalue weighted by molar-refractivity contribution is 5.44. The highest BCUT2D eigenvalue weighted by atomic mass is 16.5. The van der Waals surface area contributed by atoms with Crippen molar-refractivity contribution in [3.8, 4) is 5.88 Å². The molecule has 0 unspecified atom stereocenters. The number of nitrogens with zero attached hydrogens (tertiary/aromatic N) is 3. The molecule has 0 amide bonds. The Balaban J connectivity index is 2.54. The van der Waals surface area contributed by atoms with Gasteiger partial charge in [-0.25, -0.2) is 9.97 Å². The highest BCUT2D eigenvalue weighted by Crippen LogP contribution is 2.21. The van der Waals surface area contributed by atoms with Gasteiger partial charge in [-0.3, -0.25) is 0 Å². The summed E-state index contributed by atoms with van der Waals surface area (Å²) in [4.78, 5) is 10.3. The van der Waals surface area contributed by atoms with Crippen LogP contribution in [-0.2, 0) is 6.42 Å². The predicted molar refractivity (Wildman–Crippen MR) is 69.1 cm³/mol. The summed E-state index contributed by atoms with van der Waals surface area (Å²) in [6.07, 6.45) is 4.29. The van der Waals surface area contributed by atoms with Crippen molar-refractivity contribution in [3.05, 3.63) is 11.9 Å². The van der Waals surface area contributed by atoms with Crippen LogP contribution in [0.4, 0.5) is 5.82 Å². The topological polar surface area (TPSA) is 64.3 Å². The van der Waals surface area contributed by atoms with E-state index in [9.17, 15) is 0 Å². The molecule has 0 saturated heterocycles. The first-order valence-corrected chi connectivity index (χ1v) is 6.02. The minimum Gasteiger partial charge on any atom is -0.477 e. The van der Waals surface area contributed by atoms with E-state index in [1.165, 1.54) is 6.33 Å². The van der Waals surface area contributed by atoms with E-state index >= 15 is 0 Å². The molecule has 0 aromatic carbocycles. The van der Waals surface area contributed by atoms with Crippen LogP contribution in [0.3, 0.4) is 0 Å². The molecule has 0 aliphatic heterocycles. The van der Waals surface area contributed by atoms with E-state index in [0.29, 0.717) is 18.3 Å². The Morgan fingerprint density at radius 2 is 2.12 bits per heavy atom. The van der Waals surface area contributed by atoms with Crippen molar-refractivity contribution in [2.75, 3.05) is 33.0 Å². The SMILES string of the molecule is CCCc1c(N)ncnc1OCCCN(C)C. The molecule has 17 heavy (non-hydrogen) atoms. The third-order valence-corrected chi connectivity index (χ3v) is 2.43. The summed E-state index contributed by atoms with van der Waals surface area (Å²) in [5.41, 5.74) is 6.75. The van der Waals surface area contributed by atoms with E-state index in [-0.39, 0.29) is 0 Å². The molecule has 5 nitrogen and oxygen atoms in total. The standard InChI is InChI=1S/C12H22N4O/c1-4-6-10-11(13)14-9-15-12(10)17-8-5-7-16(2)3/h9H,4-8H2,1-3H3,(H2,13,14,15). The fourth-order valence-corrected chi connectivity index (χ4v) is 1.57. The quantitative estimate of drug-likeness (QED) is 0.726. The summed E-state index contributed by atoms with van der Waals surface area (Å²) in [6.45, 7) is 3.76. The van der Waals surface area contributed by atoms with Crippen LogP contribution < -0.4 is 10.5 Å². The number of nitrogen functional groups attached to an aromatic ring is 1. The maximum atomic E-state index is 5.82. The maximum absolute atomic E-state index is 5.82. The Hall–Kier alpha value is -1.36. The molecule has 1 heterocycles. The average Bonchev–Trinajstić information content (AvgIpc) is 2.28. The fraction of sp³-hybridized carbons (Fsp3) is 0.667. The molecule has 1 aromatic heterocycles. The number of aromatic nitrogens is 2. The second-order valence-electron chi connectivity index (χ2n) is 4.30. The van der Waals surface area contributed by atoms with E-state index < -0.39 is 0 Å². The molecular formula is C12H22N4O. The third kappa shape index (κ3) is 4.56. The second kappa shape index (κ2) is 7.06. The first-order valence-electron chi connectivity index (χ1n) is 6.02. The van der Waals surface area contributed by atoms with Crippen LogP contribution in [0.2, 0.25) is 0 Å². The first kappa shape index (κ1) is 13.7. The van der Waals surface area contributed by atoms with E-state index in [0.717, 1.165) is 31.4 Å². The molecule has 96 valence electrons. The van der Waals surface area contributed by atoms with Gasteiger partial charge < -0.3 is 15.4 Å². The zero-order valence-corrected chi connectivity index (χ0v) is 10.9. The number of nitrogens with two attached hydrogens (primary N) is 1. The summed E-state index contributed by atoms with van der Waals surface area (Å²) in [7, 11) is 4.09. The van der Waals surface area contributed by atoms with Gasteiger partial charge >= 0.3 is 0 Å².